The highest BCUT2D eigenvalue weighted by atomic mass is 79.9. The number of carbonyl (C=O) groups is 3. The first kappa shape index (κ1) is 24.4. The molecule has 0 saturated carbocycles. The van der Waals surface area contributed by atoms with Crippen molar-refractivity contribution in [1.82, 2.24) is 10.2 Å². The summed E-state index contributed by atoms with van der Waals surface area (Å²) in [4.78, 5) is 39.5. The molecule has 31 heavy (non-hydrogen) atoms. The Hall–Kier alpha value is -2.87. The Balaban J connectivity index is 2.06. The van der Waals surface area contributed by atoms with Crippen LogP contribution in [0.5, 0.6) is 5.75 Å². The van der Waals surface area contributed by atoms with E-state index in [1.807, 2.05) is 32.9 Å². The Morgan fingerprint density at radius 3 is 2.42 bits per heavy atom. The predicted molar refractivity (Wildman–Crippen MR) is 124 cm³/mol. The number of aryl methyl sites for hydroxylation is 1. The van der Waals surface area contributed by atoms with Gasteiger partial charge in [-0.25, -0.2) is 0 Å². The minimum Gasteiger partial charge on any atom is -0.496 e. The zero-order chi connectivity index (χ0) is 23.1. The highest BCUT2D eigenvalue weighted by molar-refractivity contribution is 9.10. The number of nitrogens with one attached hydrogen (secondary N) is 2. The minimum atomic E-state index is -0.787. The molecule has 3 amide bonds. The molecule has 0 unspecified atom stereocenters. The maximum absolute atomic E-state index is 13.0. The summed E-state index contributed by atoms with van der Waals surface area (Å²) < 4.78 is 6.15. The minimum absolute atomic E-state index is 0.137. The number of halogens is 1. The smallest absolute Gasteiger partial charge is 0.255 e. The first-order valence-corrected chi connectivity index (χ1v) is 10.7. The first-order valence-electron chi connectivity index (χ1n) is 9.89. The van der Waals surface area contributed by atoms with Crippen LogP contribution in [0.15, 0.2) is 46.9 Å². The Kier molecular flexibility index (Phi) is 8.62. The molecule has 2 aromatic rings. The van der Waals surface area contributed by atoms with E-state index >= 15 is 0 Å². The van der Waals surface area contributed by atoms with Gasteiger partial charge in [0.15, 0.2) is 0 Å². The molecule has 0 aliphatic carbocycles. The molecule has 8 heteroatoms. The highest BCUT2D eigenvalue weighted by Gasteiger charge is 2.29. The number of nitrogens with zero attached hydrogens (tertiary/aromatic N) is 1. The van der Waals surface area contributed by atoms with Crippen LogP contribution in [0.2, 0.25) is 0 Å². The van der Waals surface area contributed by atoms with Gasteiger partial charge in [0.25, 0.3) is 5.91 Å². The largest absolute Gasteiger partial charge is 0.496 e. The average molecular weight is 490 g/mol. The second-order valence-corrected chi connectivity index (χ2v) is 8.51. The van der Waals surface area contributed by atoms with E-state index in [2.05, 4.69) is 26.6 Å². The fourth-order valence-electron chi connectivity index (χ4n) is 3.05. The third-order valence-corrected chi connectivity index (χ3v) is 5.28. The van der Waals surface area contributed by atoms with Gasteiger partial charge in [-0.3, -0.25) is 14.4 Å². The quantitative estimate of drug-likeness (QED) is 0.592. The van der Waals surface area contributed by atoms with Crippen molar-refractivity contribution in [2.75, 3.05) is 26.0 Å². The Morgan fingerprint density at radius 1 is 1.13 bits per heavy atom. The van der Waals surface area contributed by atoms with E-state index in [1.54, 1.807) is 37.4 Å². The second-order valence-electron chi connectivity index (χ2n) is 7.60. The van der Waals surface area contributed by atoms with Crippen molar-refractivity contribution in [2.45, 2.75) is 26.8 Å². The zero-order valence-electron chi connectivity index (χ0n) is 18.4. The summed E-state index contributed by atoms with van der Waals surface area (Å²) >= 11 is 3.39. The monoisotopic (exact) mass is 489 g/mol. The Labute approximate surface area is 191 Å². The van der Waals surface area contributed by atoms with E-state index in [-0.39, 0.29) is 24.3 Å². The maximum atomic E-state index is 13.0. The Morgan fingerprint density at radius 2 is 1.81 bits per heavy atom. The number of benzene rings is 2. The van der Waals surface area contributed by atoms with Crippen molar-refractivity contribution in [3.05, 3.63) is 58.1 Å². The van der Waals surface area contributed by atoms with Crippen LogP contribution in [-0.4, -0.2) is 49.4 Å². The van der Waals surface area contributed by atoms with Crippen molar-refractivity contribution in [1.29, 1.82) is 0 Å². The molecule has 0 spiro atoms. The van der Waals surface area contributed by atoms with Crippen molar-refractivity contribution < 1.29 is 19.1 Å². The molecule has 0 fully saturated rings. The van der Waals surface area contributed by atoms with Crippen molar-refractivity contribution in [3.63, 3.8) is 0 Å². The molecule has 0 saturated heterocycles. The van der Waals surface area contributed by atoms with Gasteiger partial charge in [0.1, 0.15) is 11.8 Å². The summed E-state index contributed by atoms with van der Waals surface area (Å²) in [5.74, 6) is -0.827. The fourth-order valence-corrected chi connectivity index (χ4v) is 3.53. The van der Waals surface area contributed by atoms with Gasteiger partial charge in [0, 0.05) is 17.2 Å². The number of amides is 3. The van der Waals surface area contributed by atoms with Crippen LogP contribution in [-0.2, 0) is 9.59 Å². The van der Waals surface area contributed by atoms with Gasteiger partial charge in [0.05, 0.1) is 19.2 Å². The van der Waals surface area contributed by atoms with Gasteiger partial charge in [-0.15, -0.1) is 0 Å². The molecule has 0 heterocycles. The second kappa shape index (κ2) is 10.9. The van der Waals surface area contributed by atoms with E-state index in [4.69, 9.17) is 4.74 Å². The number of hydrogen-bond acceptors (Lipinski definition) is 4. The van der Waals surface area contributed by atoms with E-state index in [0.29, 0.717) is 17.0 Å². The number of hydrogen-bond donors (Lipinski definition) is 2. The van der Waals surface area contributed by atoms with Gasteiger partial charge in [-0.1, -0.05) is 41.9 Å². The van der Waals surface area contributed by atoms with Gasteiger partial charge in [-0.05, 0) is 48.7 Å². The summed E-state index contributed by atoms with van der Waals surface area (Å²) in [6.45, 7) is 5.42. The SMILES string of the molecule is COc1ccccc1C(=O)N[C@H](C(=O)N(C)CC(=O)Nc1ccc(Br)cc1C)C(C)C. The molecule has 1 atom stereocenters. The molecule has 2 aromatic carbocycles. The number of carbonyl (C=O) groups excluding carboxylic acids is 3. The summed E-state index contributed by atoms with van der Waals surface area (Å²) in [6.07, 6.45) is 0. The fraction of sp³-hybridized carbons (Fsp3) is 0.348. The number of likely N-dealkylation sites (N-methyl/N-ethyl adjacent to an activating group) is 1. The number of anilines is 1. The number of para-hydroxylation sites is 1. The van der Waals surface area contributed by atoms with Crippen LogP contribution in [0.25, 0.3) is 0 Å². The van der Waals surface area contributed by atoms with Gasteiger partial charge < -0.3 is 20.3 Å². The lowest BCUT2D eigenvalue weighted by Gasteiger charge is -2.27. The lowest BCUT2D eigenvalue weighted by Crippen LogP contribution is -2.51. The van der Waals surface area contributed by atoms with Gasteiger partial charge >= 0.3 is 0 Å². The van der Waals surface area contributed by atoms with Crippen LogP contribution >= 0.6 is 15.9 Å². The van der Waals surface area contributed by atoms with Gasteiger partial charge in [-0.2, -0.15) is 0 Å². The van der Waals surface area contributed by atoms with E-state index in [9.17, 15) is 14.4 Å². The molecule has 0 aromatic heterocycles. The zero-order valence-corrected chi connectivity index (χ0v) is 19.9. The molecule has 0 aliphatic heterocycles. The summed E-state index contributed by atoms with van der Waals surface area (Å²) in [6, 6.07) is 11.5. The third-order valence-electron chi connectivity index (χ3n) is 4.79. The maximum Gasteiger partial charge on any atom is 0.255 e. The lowest BCUT2D eigenvalue weighted by molar-refractivity contribution is -0.135. The van der Waals surface area contributed by atoms with Crippen molar-refractivity contribution in [2.24, 2.45) is 5.92 Å². The number of methoxy groups -OCH3 is 1. The number of ether oxygens (including phenoxy) is 1. The van der Waals surface area contributed by atoms with Crippen LogP contribution in [0.4, 0.5) is 5.69 Å². The number of rotatable bonds is 8. The van der Waals surface area contributed by atoms with Gasteiger partial charge in [0.2, 0.25) is 11.8 Å². The van der Waals surface area contributed by atoms with Crippen LogP contribution in [0.1, 0.15) is 29.8 Å². The molecule has 0 radical (unpaired) electrons. The first-order chi connectivity index (χ1) is 14.6. The van der Waals surface area contributed by atoms with E-state index < -0.39 is 11.9 Å². The van der Waals surface area contributed by atoms with E-state index in [0.717, 1.165) is 10.0 Å². The van der Waals surface area contributed by atoms with Crippen molar-refractivity contribution in [3.8, 4) is 5.75 Å². The molecular weight excluding hydrogens is 462 g/mol. The summed E-state index contributed by atoms with van der Waals surface area (Å²) in [5.41, 5.74) is 1.93. The molecule has 2 rings (SSSR count). The topological polar surface area (TPSA) is 87.7 Å². The lowest BCUT2D eigenvalue weighted by atomic mass is 10.0. The molecule has 0 aliphatic rings. The summed E-state index contributed by atoms with van der Waals surface area (Å²) in [7, 11) is 3.03. The van der Waals surface area contributed by atoms with E-state index in [1.165, 1.54) is 12.0 Å². The standard InChI is InChI=1S/C23H28BrN3O4/c1-14(2)21(26-22(29)17-8-6-7-9-19(17)31-5)23(30)27(4)13-20(28)25-18-11-10-16(24)12-15(18)3/h6-12,14,21H,13H2,1-5H3,(H,25,28)(H,26,29)/t21-/m0/s1. The highest BCUT2D eigenvalue weighted by Crippen LogP contribution is 2.20. The Bertz CT molecular complexity index is 962. The predicted octanol–water partition coefficient (Wildman–Crippen LogP) is 3.62. The third kappa shape index (κ3) is 6.55. The average Bonchev–Trinajstić information content (AvgIpc) is 2.73. The normalized spacial score (nSPS) is 11.6. The molecule has 2 N–H and O–H groups in total. The molecule has 0 bridgehead atoms. The van der Waals surface area contributed by atoms with Crippen LogP contribution < -0.4 is 15.4 Å². The van der Waals surface area contributed by atoms with Crippen LogP contribution in [0, 0.1) is 12.8 Å². The molecule has 7 nitrogen and oxygen atoms in total. The molecule has 166 valence electrons. The molecular formula is C23H28BrN3O4. The summed E-state index contributed by atoms with van der Waals surface area (Å²) in [5, 5.41) is 5.59. The van der Waals surface area contributed by atoms with Crippen molar-refractivity contribution >= 4 is 39.3 Å². The van der Waals surface area contributed by atoms with Crippen LogP contribution in [0.3, 0.4) is 0 Å².